The molecule has 2 atom stereocenters. The Balaban J connectivity index is 1.07. The van der Waals surface area contributed by atoms with Gasteiger partial charge < -0.3 is 23.9 Å². The quantitative estimate of drug-likeness (QED) is 0.263. The highest BCUT2D eigenvalue weighted by molar-refractivity contribution is 5.92. The molecule has 220 valence electrons. The summed E-state index contributed by atoms with van der Waals surface area (Å²) in [5, 5.41) is 9.53. The van der Waals surface area contributed by atoms with Crippen molar-refractivity contribution in [1.29, 1.82) is 0 Å². The molecule has 1 aromatic heterocycles. The number of rotatable bonds is 7. The Labute approximate surface area is 248 Å². The van der Waals surface area contributed by atoms with E-state index in [1.807, 2.05) is 12.1 Å². The fraction of sp³-hybridized carbons (Fsp3) is 0.364. The Kier molecular flexibility index (Phi) is 7.21. The second kappa shape index (κ2) is 11.3. The first-order chi connectivity index (χ1) is 21.0. The van der Waals surface area contributed by atoms with Crippen molar-refractivity contribution in [2.45, 2.75) is 50.5 Å². The van der Waals surface area contributed by atoms with Gasteiger partial charge in [0.2, 0.25) is 0 Å². The SMILES string of the molecule is [C-]#[N+]c1ccc([C@@H]2COc3cccc(C4CCN(Cc5nc6ccc(C(=O)O)cc6n5C[C@@H]5CCO5)CC4)c3O2)c(F)c1. The van der Waals surface area contributed by atoms with Gasteiger partial charge in [-0.25, -0.2) is 19.0 Å². The number of piperidine rings is 1. The first kappa shape index (κ1) is 27.4. The van der Waals surface area contributed by atoms with E-state index in [9.17, 15) is 14.3 Å². The van der Waals surface area contributed by atoms with Crippen LogP contribution in [0.3, 0.4) is 0 Å². The number of carboxylic acid groups (broad SMARTS) is 1. The zero-order valence-corrected chi connectivity index (χ0v) is 23.5. The Morgan fingerprint density at radius 2 is 1.93 bits per heavy atom. The summed E-state index contributed by atoms with van der Waals surface area (Å²) in [6.45, 7) is 11.1. The summed E-state index contributed by atoms with van der Waals surface area (Å²) in [5.41, 5.74) is 3.56. The van der Waals surface area contributed by atoms with Gasteiger partial charge >= 0.3 is 5.97 Å². The number of halogens is 1. The van der Waals surface area contributed by atoms with Gasteiger partial charge in [-0.3, -0.25) is 4.90 Å². The second-order valence-electron chi connectivity index (χ2n) is 11.4. The molecule has 10 heteroatoms. The average Bonchev–Trinajstić information content (AvgIpc) is 3.34. The maximum Gasteiger partial charge on any atom is 0.335 e. The summed E-state index contributed by atoms with van der Waals surface area (Å²) >= 11 is 0. The minimum atomic E-state index is -0.954. The molecule has 2 fully saturated rings. The van der Waals surface area contributed by atoms with Crippen molar-refractivity contribution < 1.29 is 28.5 Å². The van der Waals surface area contributed by atoms with Gasteiger partial charge in [0.1, 0.15) is 18.2 Å². The molecular formula is C33H31FN4O5. The first-order valence-electron chi connectivity index (χ1n) is 14.6. The van der Waals surface area contributed by atoms with E-state index in [2.05, 4.69) is 20.4 Å². The van der Waals surface area contributed by atoms with Gasteiger partial charge in [-0.1, -0.05) is 24.3 Å². The maximum atomic E-state index is 14.8. The minimum Gasteiger partial charge on any atom is -0.485 e. The summed E-state index contributed by atoms with van der Waals surface area (Å²) in [6.07, 6.45) is 2.32. The number of ether oxygens (including phenoxy) is 3. The molecule has 0 saturated carbocycles. The number of imidazole rings is 1. The molecule has 0 bridgehead atoms. The highest BCUT2D eigenvalue weighted by Crippen LogP contribution is 2.45. The van der Waals surface area contributed by atoms with E-state index >= 15 is 0 Å². The summed E-state index contributed by atoms with van der Waals surface area (Å²) in [4.78, 5) is 22.2. The van der Waals surface area contributed by atoms with Crippen LogP contribution in [-0.2, 0) is 17.8 Å². The lowest BCUT2D eigenvalue weighted by Crippen LogP contribution is -2.35. The van der Waals surface area contributed by atoms with Gasteiger partial charge in [-0.2, -0.15) is 0 Å². The summed E-state index contributed by atoms with van der Waals surface area (Å²) in [5.74, 6) is 1.08. The lowest BCUT2D eigenvalue weighted by atomic mass is 9.88. The van der Waals surface area contributed by atoms with Gasteiger partial charge in [0.15, 0.2) is 23.3 Å². The third-order valence-electron chi connectivity index (χ3n) is 8.77. The molecule has 3 aromatic carbocycles. The highest BCUT2D eigenvalue weighted by Gasteiger charge is 2.31. The van der Waals surface area contributed by atoms with Crippen LogP contribution in [-0.4, -0.2) is 57.9 Å². The molecule has 1 N–H and O–H groups in total. The van der Waals surface area contributed by atoms with Crippen molar-refractivity contribution in [2.24, 2.45) is 0 Å². The lowest BCUT2D eigenvalue weighted by Gasteiger charge is -2.35. The van der Waals surface area contributed by atoms with E-state index in [0.29, 0.717) is 30.2 Å². The number of nitrogens with zero attached hydrogens (tertiary/aromatic N) is 4. The van der Waals surface area contributed by atoms with Crippen LogP contribution < -0.4 is 9.47 Å². The van der Waals surface area contributed by atoms with Crippen LogP contribution in [0.25, 0.3) is 15.9 Å². The number of fused-ring (bicyclic) bond motifs is 2. The molecule has 4 aromatic rings. The third kappa shape index (κ3) is 5.31. The van der Waals surface area contributed by atoms with E-state index in [-0.39, 0.29) is 29.9 Å². The van der Waals surface area contributed by atoms with Crippen LogP contribution in [0, 0.1) is 12.4 Å². The molecule has 2 saturated heterocycles. The van der Waals surface area contributed by atoms with Crippen LogP contribution >= 0.6 is 0 Å². The molecule has 3 aliphatic heterocycles. The number of carbonyl (C=O) groups is 1. The number of aromatic nitrogens is 2. The molecule has 9 nitrogen and oxygen atoms in total. The fourth-order valence-electron chi connectivity index (χ4n) is 6.30. The monoisotopic (exact) mass is 582 g/mol. The zero-order chi connectivity index (χ0) is 29.5. The van der Waals surface area contributed by atoms with E-state index in [0.717, 1.165) is 61.4 Å². The molecule has 3 aliphatic rings. The van der Waals surface area contributed by atoms with E-state index in [1.54, 1.807) is 30.3 Å². The Morgan fingerprint density at radius 1 is 1.09 bits per heavy atom. The maximum absolute atomic E-state index is 14.8. The molecule has 7 rings (SSSR count). The first-order valence-corrected chi connectivity index (χ1v) is 14.6. The highest BCUT2D eigenvalue weighted by atomic mass is 19.1. The van der Waals surface area contributed by atoms with Crippen molar-refractivity contribution in [3.05, 3.63) is 94.3 Å². The smallest absolute Gasteiger partial charge is 0.335 e. The molecule has 0 aliphatic carbocycles. The van der Waals surface area contributed by atoms with Crippen LogP contribution in [0.5, 0.6) is 11.5 Å². The molecule has 0 spiro atoms. The van der Waals surface area contributed by atoms with E-state index in [4.69, 9.17) is 25.8 Å². The molecular weight excluding hydrogens is 551 g/mol. The number of hydrogen-bond donors (Lipinski definition) is 1. The van der Waals surface area contributed by atoms with Crippen molar-refractivity contribution in [2.75, 3.05) is 26.3 Å². The normalized spacial score (nSPS) is 20.5. The van der Waals surface area contributed by atoms with Crippen LogP contribution in [0.1, 0.15) is 58.6 Å². The molecule has 43 heavy (non-hydrogen) atoms. The van der Waals surface area contributed by atoms with Crippen molar-refractivity contribution in [3.8, 4) is 11.5 Å². The van der Waals surface area contributed by atoms with Crippen molar-refractivity contribution in [1.82, 2.24) is 14.5 Å². The minimum absolute atomic E-state index is 0.116. The number of para-hydroxylation sites is 1. The molecule has 0 radical (unpaired) electrons. The number of carboxylic acids is 1. The van der Waals surface area contributed by atoms with Gasteiger partial charge in [0.05, 0.1) is 42.4 Å². The van der Waals surface area contributed by atoms with Gasteiger partial charge in [-0.15, -0.1) is 0 Å². The van der Waals surface area contributed by atoms with Crippen LogP contribution in [0.2, 0.25) is 0 Å². The predicted octanol–water partition coefficient (Wildman–Crippen LogP) is 6.11. The number of likely N-dealkylation sites (tertiary alicyclic amines) is 1. The van der Waals surface area contributed by atoms with Crippen molar-refractivity contribution >= 4 is 22.7 Å². The average molecular weight is 583 g/mol. The lowest BCUT2D eigenvalue weighted by molar-refractivity contribution is -0.0592. The topological polar surface area (TPSA) is 90.4 Å². The van der Waals surface area contributed by atoms with Gasteiger partial charge in [-0.05, 0) is 68.6 Å². The van der Waals surface area contributed by atoms with Gasteiger partial charge in [0.25, 0.3) is 0 Å². The zero-order valence-electron chi connectivity index (χ0n) is 23.5. The summed E-state index contributed by atoms with van der Waals surface area (Å²) in [7, 11) is 0. The molecule has 0 unspecified atom stereocenters. The largest absolute Gasteiger partial charge is 0.485 e. The number of aromatic carboxylic acids is 1. The molecule has 0 amide bonds. The third-order valence-corrected chi connectivity index (χ3v) is 8.77. The van der Waals surface area contributed by atoms with E-state index < -0.39 is 17.9 Å². The van der Waals surface area contributed by atoms with Crippen LogP contribution in [0.15, 0.2) is 54.6 Å². The van der Waals surface area contributed by atoms with E-state index in [1.165, 1.54) is 6.07 Å². The summed E-state index contributed by atoms with van der Waals surface area (Å²) in [6, 6.07) is 15.5. The molecule has 4 heterocycles. The van der Waals surface area contributed by atoms with Crippen LogP contribution in [0.4, 0.5) is 10.1 Å². The fourth-order valence-corrected chi connectivity index (χ4v) is 6.30. The van der Waals surface area contributed by atoms with Crippen molar-refractivity contribution in [3.63, 3.8) is 0 Å². The second-order valence-corrected chi connectivity index (χ2v) is 11.4. The Hall–Kier alpha value is -4.46. The Bertz CT molecular complexity index is 1740. The number of hydrogen-bond acceptors (Lipinski definition) is 6. The number of benzene rings is 3. The summed E-state index contributed by atoms with van der Waals surface area (Å²) < 4.78 is 35.0. The Morgan fingerprint density at radius 3 is 2.65 bits per heavy atom. The van der Waals surface area contributed by atoms with Gasteiger partial charge in [0, 0.05) is 17.7 Å². The predicted molar refractivity (Wildman–Crippen MR) is 156 cm³/mol. The standard InChI is InChI=1S/C33H31FN4O5/c1-35-22-6-7-25(26(34)16-22)30-19-42-29-4-2-3-24(32(29)43-30)20-9-12-37(13-10-20)18-31-36-27-8-5-21(33(39)40)15-28(27)38(31)17-23-11-14-41-23/h2-8,15-16,20,23,30H,9-14,17-19H2,(H,39,40)/t23-,30-/m0/s1.